The summed E-state index contributed by atoms with van der Waals surface area (Å²) in [5.41, 5.74) is 7.22. The van der Waals surface area contributed by atoms with Crippen LogP contribution in [0.15, 0.2) is 18.2 Å². The molecule has 0 radical (unpaired) electrons. The first kappa shape index (κ1) is 14.0. The van der Waals surface area contributed by atoms with Crippen LogP contribution >= 0.6 is 0 Å². The monoisotopic (exact) mass is 264 g/mol. The van der Waals surface area contributed by atoms with E-state index in [1.807, 2.05) is 6.92 Å². The van der Waals surface area contributed by atoms with Crippen LogP contribution in [0.5, 0.6) is 0 Å². The summed E-state index contributed by atoms with van der Waals surface area (Å²) >= 11 is 0. The average Bonchev–Trinajstić information content (AvgIpc) is 2.58. The van der Waals surface area contributed by atoms with Gasteiger partial charge in [0.25, 0.3) is 0 Å². The minimum Gasteiger partial charge on any atom is -0.327 e. The summed E-state index contributed by atoms with van der Waals surface area (Å²) in [5, 5.41) is 2.68. The molecular weight excluding hydrogens is 243 g/mol. The van der Waals surface area contributed by atoms with Gasteiger partial charge in [-0.15, -0.1) is 0 Å². The number of benzene rings is 1. The molecule has 1 aromatic carbocycles. The zero-order valence-electron chi connectivity index (χ0n) is 11.3. The molecule has 0 saturated heterocycles. The van der Waals surface area contributed by atoms with E-state index in [-0.39, 0.29) is 23.6 Å². The van der Waals surface area contributed by atoms with E-state index in [4.69, 9.17) is 5.73 Å². The Morgan fingerprint density at radius 2 is 2.05 bits per heavy atom. The second-order valence-electron chi connectivity index (χ2n) is 5.38. The zero-order chi connectivity index (χ0) is 13.8. The van der Waals surface area contributed by atoms with Crippen molar-refractivity contribution in [3.05, 3.63) is 29.6 Å². The Hall–Kier alpha value is -1.42. The fourth-order valence-corrected chi connectivity index (χ4v) is 2.62. The van der Waals surface area contributed by atoms with Gasteiger partial charge < -0.3 is 11.1 Å². The predicted molar refractivity (Wildman–Crippen MR) is 74.3 cm³/mol. The van der Waals surface area contributed by atoms with E-state index in [1.54, 1.807) is 12.1 Å². The number of halogens is 1. The summed E-state index contributed by atoms with van der Waals surface area (Å²) in [7, 11) is 0. The molecule has 1 amide bonds. The number of carbonyl (C=O) groups excluding carboxylic acids is 1. The Morgan fingerprint density at radius 1 is 1.32 bits per heavy atom. The van der Waals surface area contributed by atoms with Crippen molar-refractivity contribution < 1.29 is 9.18 Å². The number of carbonyl (C=O) groups is 1. The van der Waals surface area contributed by atoms with Crippen molar-refractivity contribution in [3.63, 3.8) is 0 Å². The Kier molecular flexibility index (Phi) is 4.53. The molecule has 2 rings (SSSR count). The van der Waals surface area contributed by atoms with Crippen LogP contribution < -0.4 is 11.1 Å². The molecule has 0 heterocycles. The van der Waals surface area contributed by atoms with Crippen LogP contribution in [0.25, 0.3) is 0 Å². The summed E-state index contributed by atoms with van der Waals surface area (Å²) in [6, 6.07) is 4.59. The number of nitrogens with one attached hydrogen (secondary N) is 1. The van der Waals surface area contributed by atoms with Crippen LogP contribution in [0.2, 0.25) is 0 Å². The highest BCUT2D eigenvalue weighted by molar-refractivity contribution is 5.93. The molecular formula is C15H21FN2O. The molecule has 4 heteroatoms. The fourth-order valence-electron chi connectivity index (χ4n) is 2.62. The number of aryl methyl sites for hydroxylation is 1. The minimum atomic E-state index is -0.402. The molecule has 1 aliphatic carbocycles. The Morgan fingerprint density at radius 3 is 2.84 bits per heavy atom. The van der Waals surface area contributed by atoms with Crippen molar-refractivity contribution in [2.45, 2.75) is 45.1 Å². The van der Waals surface area contributed by atoms with Gasteiger partial charge in [0, 0.05) is 6.04 Å². The summed E-state index contributed by atoms with van der Waals surface area (Å²) in [6.07, 6.45) is 4.87. The van der Waals surface area contributed by atoms with Gasteiger partial charge in [-0.3, -0.25) is 4.79 Å². The molecule has 1 aliphatic rings. The molecule has 1 aromatic rings. The third kappa shape index (κ3) is 3.53. The van der Waals surface area contributed by atoms with E-state index < -0.39 is 5.82 Å². The lowest BCUT2D eigenvalue weighted by atomic mass is 9.94. The maximum absolute atomic E-state index is 13.6. The maximum Gasteiger partial charge on any atom is 0.229 e. The van der Waals surface area contributed by atoms with Gasteiger partial charge in [-0.25, -0.2) is 4.39 Å². The molecule has 2 unspecified atom stereocenters. The Labute approximate surface area is 113 Å². The fraction of sp³-hybridized carbons (Fsp3) is 0.533. The van der Waals surface area contributed by atoms with Crippen molar-refractivity contribution in [2.75, 3.05) is 5.32 Å². The molecule has 3 N–H and O–H groups in total. The Bertz CT molecular complexity index is 461. The molecule has 1 fully saturated rings. The second kappa shape index (κ2) is 6.15. The van der Waals surface area contributed by atoms with E-state index in [9.17, 15) is 9.18 Å². The number of rotatable bonds is 2. The highest BCUT2D eigenvalue weighted by Crippen LogP contribution is 2.24. The molecule has 3 nitrogen and oxygen atoms in total. The average molecular weight is 264 g/mol. The number of anilines is 1. The lowest BCUT2D eigenvalue weighted by Gasteiger charge is -2.20. The Balaban J connectivity index is 2.09. The molecule has 1 saturated carbocycles. The van der Waals surface area contributed by atoms with Gasteiger partial charge in [-0.05, 0) is 37.5 Å². The van der Waals surface area contributed by atoms with Crippen LogP contribution in [-0.4, -0.2) is 11.9 Å². The predicted octanol–water partition coefficient (Wildman–Crippen LogP) is 2.98. The van der Waals surface area contributed by atoms with Crippen LogP contribution in [0, 0.1) is 18.7 Å². The number of nitrogens with two attached hydrogens (primary N) is 1. The first-order valence-corrected chi connectivity index (χ1v) is 6.90. The number of amides is 1. The van der Waals surface area contributed by atoms with E-state index in [1.165, 1.54) is 6.07 Å². The van der Waals surface area contributed by atoms with E-state index in [0.717, 1.165) is 37.7 Å². The smallest absolute Gasteiger partial charge is 0.229 e. The summed E-state index contributed by atoms with van der Waals surface area (Å²) in [4.78, 5) is 12.2. The quantitative estimate of drug-likeness (QED) is 0.807. The van der Waals surface area contributed by atoms with Crippen LogP contribution in [0.3, 0.4) is 0 Å². The summed E-state index contributed by atoms with van der Waals surface area (Å²) in [5.74, 6) is -0.762. The van der Waals surface area contributed by atoms with Gasteiger partial charge in [-0.2, -0.15) is 0 Å². The first-order valence-electron chi connectivity index (χ1n) is 6.90. The van der Waals surface area contributed by atoms with Crippen molar-refractivity contribution >= 4 is 11.6 Å². The van der Waals surface area contributed by atoms with Gasteiger partial charge in [-0.1, -0.05) is 25.3 Å². The molecule has 0 aromatic heterocycles. The molecule has 0 bridgehead atoms. The third-order valence-corrected chi connectivity index (χ3v) is 3.79. The van der Waals surface area contributed by atoms with Crippen LogP contribution in [0.1, 0.15) is 37.7 Å². The van der Waals surface area contributed by atoms with Gasteiger partial charge in [0.2, 0.25) is 5.91 Å². The van der Waals surface area contributed by atoms with Crippen molar-refractivity contribution in [3.8, 4) is 0 Å². The van der Waals surface area contributed by atoms with Gasteiger partial charge in [0.1, 0.15) is 5.82 Å². The molecule has 104 valence electrons. The van der Waals surface area contributed by atoms with Crippen molar-refractivity contribution in [2.24, 2.45) is 11.7 Å². The van der Waals surface area contributed by atoms with Crippen LogP contribution in [-0.2, 0) is 4.79 Å². The first-order chi connectivity index (χ1) is 9.08. The maximum atomic E-state index is 13.6. The molecule has 19 heavy (non-hydrogen) atoms. The highest BCUT2D eigenvalue weighted by Gasteiger charge is 2.27. The second-order valence-corrected chi connectivity index (χ2v) is 5.38. The minimum absolute atomic E-state index is 0.115. The van der Waals surface area contributed by atoms with Gasteiger partial charge in [0.15, 0.2) is 0 Å². The molecule has 2 atom stereocenters. The number of hydrogen-bond donors (Lipinski definition) is 2. The molecule has 0 spiro atoms. The van der Waals surface area contributed by atoms with Crippen molar-refractivity contribution in [1.29, 1.82) is 0 Å². The van der Waals surface area contributed by atoms with E-state index in [2.05, 4.69) is 5.32 Å². The third-order valence-electron chi connectivity index (χ3n) is 3.79. The highest BCUT2D eigenvalue weighted by atomic mass is 19.1. The van der Waals surface area contributed by atoms with E-state index >= 15 is 0 Å². The SMILES string of the molecule is Cc1ccc(F)c(NC(=O)C2CCCCCC2N)c1. The van der Waals surface area contributed by atoms with Gasteiger partial charge in [0.05, 0.1) is 11.6 Å². The largest absolute Gasteiger partial charge is 0.327 e. The topological polar surface area (TPSA) is 55.1 Å². The summed E-state index contributed by atoms with van der Waals surface area (Å²) in [6.45, 7) is 1.87. The van der Waals surface area contributed by atoms with E-state index in [0.29, 0.717) is 0 Å². The molecule has 0 aliphatic heterocycles. The standard InChI is InChI=1S/C15H21FN2O/c1-10-7-8-12(16)14(9-10)18-15(19)11-5-3-2-4-6-13(11)17/h7-9,11,13H,2-6,17H2,1H3,(H,18,19). The number of hydrogen-bond acceptors (Lipinski definition) is 2. The van der Waals surface area contributed by atoms with Crippen LogP contribution in [0.4, 0.5) is 10.1 Å². The lowest BCUT2D eigenvalue weighted by Crippen LogP contribution is -2.38. The van der Waals surface area contributed by atoms with Crippen molar-refractivity contribution in [1.82, 2.24) is 0 Å². The zero-order valence-corrected chi connectivity index (χ0v) is 11.3. The van der Waals surface area contributed by atoms with Gasteiger partial charge >= 0.3 is 0 Å². The lowest BCUT2D eigenvalue weighted by molar-refractivity contribution is -0.120. The normalized spacial score (nSPS) is 23.7. The summed E-state index contributed by atoms with van der Waals surface area (Å²) < 4.78 is 13.6.